The lowest BCUT2D eigenvalue weighted by molar-refractivity contribution is -0.110. The van der Waals surface area contributed by atoms with Crippen molar-refractivity contribution >= 4 is 23.2 Å². The molecule has 1 aliphatic heterocycles. The number of hydrogen-bond donors (Lipinski definition) is 0. The van der Waals surface area contributed by atoms with E-state index in [0.717, 1.165) is 23.5 Å². The summed E-state index contributed by atoms with van der Waals surface area (Å²) in [6.07, 6.45) is 5.32. The van der Waals surface area contributed by atoms with Crippen LogP contribution < -0.4 is 9.80 Å². The van der Waals surface area contributed by atoms with Gasteiger partial charge in [0.2, 0.25) is 0 Å². The Morgan fingerprint density at radius 3 is 2.37 bits per heavy atom. The summed E-state index contributed by atoms with van der Waals surface area (Å²) in [5.41, 5.74) is 5.52. The highest BCUT2D eigenvalue weighted by Gasteiger charge is 2.39. The molecule has 2 aromatic rings. The largest absolute Gasteiger partial charge is 0.378 e. The van der Waals surface area contributed by atoms with Crippen molar-refractivity contribution < 1.29 is 4.79 Å². The monoisotopic (exact) mass is 360 g/mol. The van der Waals surface area contributed by atoms with E-state index in [2.05, 4.69) is 67.0 Å². The van der Waals surface area contributed by atoms with Crippen LogP contribution in [-0.2, 0) is 10.2 Å². The molecule has 0 N–H and O–H groups in total. The van der Waals surface area contributed by atoms with Gasteiger partial charge in [0.1, 0.15) is 0 Å². The minimum atomic E-state index is -0.177. The molecule has 2 aromatic carbocycles. The van der Waals surface area contributed by atoms with Crippen LogP contribution in [0.15, 0.2) is 66.4 Å². The molecule has 3 rings (SSSR count). The van der Waals surface area contributed by atoms with Gasteiger partial charge in [-0.05, 0) is 42.3 Å². The number of hydrogen-bond acceptors (Lipinski definition) is 3. The van der Waals surface area contributed by atoms with Gasteiger partial charge >= 0.3 is 0 Å². The zero-order valence-electron chi connectivity index (χ0n) is 16.9. The highest BCUT2D eigenvalue weighted by Crippen LogP contribution is 2.47. The van der Waals surface area contributed by atoms with E-state index in [1.807, 2.05) is 32.3 Å². The van der Waals surface area contributed by atoms with Gasteiger partial charge in [0.05, 0.1) is 0 Å². The molecule has 0 saturated heterocycles. The molecule has 3 nitrogen and oxygen atoms in total. The molecule has 3 heteroatoms. The van der Waals surface area contributed by atoms with E-state index >= 15 is 0 Å². The molecule has 0 spiro atoms. The quantitative estimate of drug-likeness (QED) is 0.698. The number of allylic oxidation sites excluding steroid dienone is 3. The summed E-state index contributed by atoms with van der Waals surface area (Å²) in [6.45, 7) is 7.34. The van der Waals surface area contributed by atoms with Crippen molar-refractivity contribution in [3.05, 3.63) is 77.5 Å². The van der Waals surface area contributed by atoms with Gasteiger partial charge in [0, 0.05) is 49.2 Å². The lowest BCUT2D eigenvalue weighted by atomic mass is 9.83. The predicted octanol–water partition coefficient (Wildman–Crippen LogP) is 5.04. The van der Waals surface area contributed by atoms with E-state index in [0.29, 0.717) is 0 Å². The number of nitrogens with zero attached hydrogens (tertiary/aromatic N) is 2. The zero-order chi connectivity index (χ0) is 19.6. The molecule has 0 aliphatic carbocycles. The van der Waals surface area contributed by atoms with Gasteiger partial charge in [-0.2, -0.15) is 0 Å². The van der Waals surface area contributed by atoms with Gasteiger partial charge in [0.25, 0.3) is 0 Å². The van der Waals surface area contributed by atoms with Crippen LogP contribution in [0.1, 0.15) is 31.9 Å². The molecule has 0 amide bonds. The van der Waals surface area contributed by atoms with Crippen molar-refractivity contribution in [1.82, 2.24) is 0 Å². The van der Waals surface area contributed by atoms with Crippen molar-refractivity contribution in [1.29, 1.82) is 0 Å². The molecular formula is C24H28N2O. The predicted molar refractivity (Wildman–Crippen MR) is 115 cm³/mol. The summed E-state index contributed by atoms with van der Waals surface area (Å²) in [4.78, 5) is 17.0. The highest BCUT2D eigenvalue weighted by atomic mass is 16.1. The molecule has 1 aliphatic rings. The van der Waals surface area contributed by atoms with Gasteiger partial charge in [0.15, 0.2) is 5.78 Å². The fourth-order valence-electron chi connectivity index (χ4n) is 3.69. The number of benzene rings is 2. The van der Waals surface area contributed by atoms with Crippen LogP contribution in [0.3, 0.4) is 0 Å². The number of ketones is 1. The number of anilines is 2. The first kappa shape index (κ1) is 19.0. The first-order valence-corrected chi connectivity index (χ1v) is 9.43. The van der Waals surface area contributed by atoms with Crippen molar-refractivity contribution in [3.8, 4) is 0 Å². The second-order valence-electron chi connectivity index (χ2n) is 7.64. The summed E-state index contributed by atoms with van der Waals surface area (Å²) in [7, 11) is 4.03. The third-order valence-corrected chi connectivity index (χ3v) is 5.24. The number of fused-ring (bicyclic) bond motifs is 1. The van der Waals surface area contributed by atoms with Crippen LogP contribution in [0, 0.1) is 0 Å². The Morgan fingerprint density at radius 1 is 1.07 bits per heavy atom. The van der Waals surface area contributed by atoms with Crippen molar-refractivity contribution in [3.63, 3.8) is 0 Å². The van der Waals surface area contributed by atoms with E-state index in [4.69, 9.17) is 0 Å². The van der Waals surface area contributed by atoms with Crippen molar-refractivity contribution in [2.75, 3.05) is 30.4 Å². The summed E-state index contributed by atoms with van der Waals surface area (Å²) >= 11 is 0. The van der Waals surface area contributed by atoms with Crippen LogP contribution >= 0.6 is 0 Å². The van der Waals surface area contributed by atoms with Crippen LogP contribution in [0.2, 0.25) is 0 Å². The fourth-order valence-corrected chi connectivity index (χ4v) is 3.69. The minimum Gasteiger partial charge on any atom is -0.378 e. The Bertz CT molecular complexity index is 889. The first-order valence-electron chi connectivity index (χ1n) is 9.43. The summed E-state index contributed by atoms with van der Waals surface area (Å²) in [5.74, 6) is 0.0148. The Balaban J connectivity index is 1.84. The summed E-state index contributed by atoms with van der Waals surface area (Å²) < 4.78 is 0. The molecule has 0 radical (unpaired) electrons. The van der Waals surface area contributed by atoms with Gasteiger partial charge in [-0.25, -0.2) is 0 Å². The van der Waals surface area contributed by atoms with E-state index in [1.54, 1.807) is 12.2 Å². The molecule has 0 atom stereocenters. The summed E-state index contributed by atoms with van der Waals surface area (Å²) in [6, 6.07) is 16.6. The molecule has 140 valence electrons. The van der Waals surface area contributed by atoms with Gasteiger partial charge in [-0.3, -0.25) is 4.79 Å². The SMILES string of the molecule is CCN1C(=CC(=O)/C=C/c2ccc(N(C)C)cc2)C(C)(C)c2ccccc21. The van der Waals surface area contributed by atoms with Crippen molar-refractivity contribution in [2.24, 2.45) is 0 Å². The first-order chi connectivity index (χ1) is 12.8. The normalized spacial score (nSPS) is 16.8. The number of carbonyl (C=O) groups excluding carboxylic acids is 1. The third-order valence-electron chi connectivity index (χ3n) is 5.24. The average Bonchev–Trinajstić information content (AvgIpc) is 2.87. The number of carbonyl (C=O) groups is 1. The van der Waals surface area contributed by atoms with Gasteiger partial charge in [-0.15, -0.1) is 0 Å². The average molecular weight is 361 g/mol. The molecule has 0 bridgehead atoms. The third kappa shape index (κ3) is 3.68. The summed E-state index contributed by atoms with van der Waals surface area (Å²) in [5, 5.41) is 0. The standard InChI is InChI=1S/C24H28N2O/c1-6-26-22-10-8-7-9-21(22)24(2,3)23(26)17-20(27)16-13-18-11-14-19(15-12-18)25(4)5/h7-17H,6H2,1-5H3/b16-13+,23-17?. The number of para-hydroxylation sites is 1. The molecule has 0 aromatic heterocycles. The maximum atomic E-state index is 12.6. The lowest BCUT2D eigenvalue weighted by Crippen LogP contribution is -2.26. The van der Waals surface area contributed by atoms with E-state index in [1.165, 1.54) is 11.3 Å². The topological polar surface area (TPSA) is 23.6 Å². The Kier molecular flexibility index (Phi) is 5.22. The second-order valence-corrected chi connectivity index (χ2v) is 7.64. The highest BCUT2D eigenvalue weighted by molar-refractivity contribution is 6.03. The maximum Gasteiger partial charge on any atom is 0.180 e. The van der Waals surface area contributed by atoms with E-state index in [9.17, 15) is 4.79 Å². The Hall–Kier alpha value is -2.81. The Morgan fingerprint density at radius 2 is 1.74 bits per heavy atom. The number of rotatable bonds is 5. The van der Waals surface area contributed by atoms with Crippen LogP contribution in [-0.4, -0.2) is 26.4 Å². The van der Waals surface area contributed by atoms with Crippen LogP contribution in [0.4, 0.5) is 11.4 Å². The van der Waals surface area contributed by atoms with Crippen LogP contribution in [0.25, 0.3) is 6.08 Å². The zero-order valence-corrected chi connectivity index (χ0v) is 16.9. The smallest absolute Gasteiger partial charge is 0.180 e. The van der Waals surface area contributed by atoms with E-state index < -0.39 is 0 Å². The molecule has 0 saturated carbocycles. The Labute approximate surface area is 162 Å². The second kappa shape index (κ2) is 7.43. The van der Waals surface area contributed by atoms with Crippen LogP contribution in [0.5, 0.6) is 0 Å². The van der Waals surface area contributed by atoms with E-state index in [-0.39, 0.29) is 11.2 Å². The fraction of sp³-hybridized carbons (Fsp3) is 0.292. The van der Waals surface area contributed by atoms with Gasteiger partial charge < -0.3 is 9.80 Å². The maximum absolute atomic E-state index is 12.6. The molecule has 0 unspecified atom stereocenters. The van der Waals surface area contributed by atoms with Crippen molar-refractivity contribution in [2.45, 2.75) is 26.2 Å². The molecule has 27 heavy (non-hydrogen) atoms. The van der Waals surface area contributed by atoms with Gasteiger partial charge in [-0.1, -0.05) is 50.3 Å². The lowest BCUT2D eigenvalue weighted by Gasteiger charge is -2.25. The number of likely N-dealkylation sites (N-methyl/N-ethyl adjacent to an activating group) is 1. The molecule has 1 heterocycles. The molecular weight excluding hydrogens is 332 g/mol. The molecule has 0 fully saturated rings. The minimum absolute atomic E-state index is 0.0148.